The van der Waals surface area contributed by atoms with Crippen LogP contribution in [0, 0.1) is 5.41 Å². The minimum Gasteiger partial charge on any atom is -0.494 e. The second-order valence-corrected chi connectivity index (χ2v) is 9.68. The van der Waals surface area contributed by atoms with E-state index in [1.807, 2.05) is 61.5 Å². The van der Waals surface area contributed by atoms with Gasteiger partial charge < -0.3 is 15.2 Å². The summed E-state index contributed by atoms with van der Waals surface area (Å²) in [7, 11) is 0. The number of Topliss-reactive ketones (excluding diaryl/α,β-unsaturated/α-hetero) is 1. The van der Waals surface area contributed by atoms with Gasteiger partial charge in [0.1, 0.15) is 5.75 Å². The lowest BCUT2D eigenvalue weighted by Gasteiger charge is -2.17. The molecule has 0 spiro atoms. The first-order chi connectivity index (χ1) is 16.2. The van der Waals surface area contributed by atoms with Crippen molar-refractivity contribution in [2.24, 2.45) is 5.41 Å². The zero-order valence-electron chi connectivity index (χ0n) is 19.3. The molecule has 0 saturated heterocycles. The van der Waals surface area contributed by atoms with Gasteiger partial charge in [-0.15, -0.1) is 0 Å². The van der Waals surface area contributed by atoms with Crippen LogP contribution < -0.4 is 10.1 Å². The molecule has 0 amide bonds. The molecule has 0 atom stereocenters. The van der Waals surface area contributed by atoms with Crippen molar-refractivity contribution in [2.45, 2.75) is 27.2 Å². The minimum atomic E-state index is -1.09. The van der Waals surface area contributed by atoms with Gasteiger partial charge in [0.2, 0.25) is 0 Å². The maximum atomic E-state index is 12.5. The number of carboxylic acid groups (broad SMARTS) is 1. The molecule has 174 valence electrons. The van der Waals surface area contributed by atoms with Crippen molar-refractivity contribution < 1.29 is 19.4 Å². The van der Waals surface area contributed by atoms with Crippen LogP contribution in [0.4, 0.5) is 10.8 Å². The monoisotopic (exact) mass is 474 g/mol. The van der Waals surface area contributed by atoms with Gasteiger partial charge in [0, 0.05) is 17.7 Å². The van der Waals surface area contributed by atoms with Crippen molar-refractivity contribution in [3.8, 4) is 16.9 Å². The highest BCUT2D eigenvalue weighted by molar-refractivity contribution is 7.22. The fraction of sp³-hybridized carbons (Fsp3) is 0.222. The number of aliphatic carboxylic acids is 1. The Morgan fingerprint density at radius 1 is 1.00 bits per heavy atom. The third kappa shape index (κ3) is 5.26. The number of rotatable bonds is 9. The number of thiazole rings is 1. The number of carbonyl (C=O) groups excluding carboxylic acids is 1. The largest absolute Gasteiger partial charge is 0.494 e. The van der Waals surface area contributed by atoms with E-state index in [0.29, 0.717) is 12.2 Å². The first-order valence-electron chi connectivity index (χ1n) is 11.0. The van der Waals surface area contributed by atoms with Gasteiger partial charge in [-0.2, -0.15) is 0 Å². The quantitative estimate of drug-likeness (QED) is 0.260. The summed E-state index contributed by atoms with van der Waals surface area (Å²) >= 11 is 1.57. The fourth-order valence-electron chi connectivity index (χ4n) is 3.51. The van der Waals surface area contributed by atoms with E-state index in [4.69, 9.17) is 4.74 Å². The Morgan fingerprint density at radius 2 is 1.65 bits per heavy atom. The van der Waals surface area contributed by atoms with Crippen LogP contribution in [0.2, 0.25) is 0 Å². The average Bonchev–Trinajstić information content (AvgIpc) is 3.21. The Morgan fingerprint density at radius 3 is 2.26 bits per heavy atom. The average molecular weight is 475 g/mol. The molecule has 4 rings (SSSR count). The first-order valence-corrected chi connectivity index (χ1v) is 11.8. The Kier molecular flexibility index (Phi) is 6.65. The lowest BCUT2D eigenvalue weighted by molar-refractivity contribution is -0.146. The van der Waals surface area contributed by atoms with E-state index in [1.165, 1.54) is 0 Å². The molecule has 0 radical (unpaired) electrons. The number of aromatic nitrogens is 1. The van der Waals surface area contributed by atoms with E-state index in [1.54, 1.807) is 37.3 Å². The number of ketones is 1. The first kappa shape index (κ1) is 23.4. The van der Waals surface area contributed by atoms with Crippen LogP contribution in [0.1, 0.15) is 37.6 Å². The van der Waals surface area contributed by atoms with Crippen LogP contribution >= 0.6 is 11.3 Å². The van der Waals surface area contributed by atoms with E-state index in [2.05, 4.69) is 10.3 Å². The van der Waals surface area contributed by atoms with Crippen LogP contribution in [0.3, 0.4) is 0 Å². The number of carbonyl (C=O) groups is 2. The molecule has 4 aromatic rings. The highest BCUT2D eigenvalue weighted by Crippen LogP contribution is 2.32. The third-order valence-corrected chi connectivity index (χ3v) is 6.46. The zero-order chi connectivity index (χ0) is 24.3. The van der Waals surface area contributed by atoms with E-state index >= 15 is 0 Å². The summed E-state index contributed by atoms with van der Waals surface area (Å²) in [4.78, 5) is 28.4. The summed E-state index contributed by atoms with van der Waals surface area (Å²) in [6, 6.07) is 21.1. The number of carboxylic acids is 1. The molecular weight excluding hydrogens is 448 g/mol. The SMILES string of the molecule is CCOc1ccc2nc(Nc3ccc(-c4ccc(C(=O)CC(C)(C)C(=O)O)cc4)cc3)sc2c1. The number of anilines is 2. The molecular formula is C27H26N2O4S. The Labute approximate surface area is 202 Å². The highest BCUT2D eigenvalue weighted by Gasteiger charge is 2.30. The maximum Gasteiger partial charge on any atom is 0.309 e. The van der Waals surface area contributed by atoms with Crippen molar-refractivity contribution in [3.05, 3.63) is 72.3 Å². The van der Waals surface area contributed by atoms with Crippen LogP contribution in [-0.2, 0) is 4.79 Å². The summed E-state index contributed by atoms with van der Waals surface area (Å²) in [5.74, 6) is -0.317. The van der Waals surface area contributed by atoms with E-state index in [-0.39, 0.29) is 12.2 Å². The van der Waals surface area contributed by atoms with Gasteiger partial charge in [0.25, 0.3) is 0 Å². The van der Waals surface area contributed by atoms with Crippen LogP contribution in [0.5, 0.6) is 5.75 Å². The van der Waals surface area contributed by atoms with Crippen molar-refractivity contribution in [3.63, 3.8) is 0 Å². The normalized spacial score (nSPS) is 11.4. The maximum absolute atomic E-state index is 12.5. The fourth-order valence-corrected chi connectivity index (χ4v) is 4.43. The predicted molar refractivity (Wildman–Crippen MR) is 136 cm³/mol. The van der Waals surface area contributed by atoms with Crippen LogP contribution in [0.15, 0.2) is 66.7 Å². The summed E-state index contributed by atoms with van der Waals surface area (Å²) in [6.45, 7) is 5.71. The van der Waals surface area contributed by atoms with Crippen molar-refractivity contribution >= 4 is 44.1 Å². The molecule has 6 nitrogen and oxygen atoms in total. The minimum absolute atomic E-state index is 0.0409. The van der Waals surface area contributed by atoms with E-state index in [0.717, 1.165) is 37.9 Å². The molecule has 34 heavy (non-hydrogen) atoms. The molecule has 2 N–H and O–H groups in total. The van der Waals surface area contributed by atoms with Gasteiger partial charge in [-0.25, -0.2) is 4.98 Å². The molecule has 0 fully saturated rings. The number of hydrogen-bond acceptors (Lipinski definition) is 6. The second-order valence-electron chi connectivity index (χ2n) is 8.65. The molecule has 1 heterocycles. The van der Waals surface area contributed by atoms with Gasteiger partial charge in [-0.1, -0.05) is 47.7 Å². The Balaban J connectivity index is 1.44. The number of hydrogen-bond donors (Lipinski definition) is 2. The van der Waals surface area contributed by atoms with E-state index in [9.17, 15) is 14.7 Å². The number of ether oxygens (including phenoxy) is 1. The summed E-state index contributed by atoms with van der Waals surface area (Å²) < 4.78 is 6.63. The third-order valence-electron chi connectivity index (χ3n) is 5.53. The molecule has 1 aromatic heterocycles. The molecule has 0 aliphatic carbocycles. The molecule has 7 heteroatoms. The lowest BCUT2D eigenvalue weighted by Crippen LogP contribution is -2.26. The van der Waals surface area contributed by atoms with Crippen LogP contribution in [0.25, 0.3) is 21.3 Å². The summed E-state index contributed by atoms with van der Waals surface area (Å²) in [5.41, 5.74) is 3.27. The number of fused-ring (bicyclic) bond motifs is 1. The van der Waals surface area contributed by atoms with E-state index < -0.39 is 11.4 Å². The van der Waals surface area contributed by atoms with Gasteiger partial charge in [0.05, 0.1) is 22.2 Å². The molecule has 0 unspecified atom stereocenters. The summed E-state index contributed by atoms with van der Waals surface area (Å²) in [5, 5.41) is 13.4. The Hall–Kier alpha value is -3.71. The molecule has 0 aliphatic heterocycles. The van der Waals surface area contributed by atoms with Crippen molar-refractivity contribution in [1.29, 1.82) is 0 Å². The van der Waals surface area contributed by atoms with Crippen LogP contribution in [-0.4, -0.2) is 28.4 Å². The van der Waals surface area contributed by atoms with Gasteiger partial charge >= 0.3 is 5.97 Å². The standard InChI is InChI=1S/C27H26N2O4S/c1-4-33-21-13-14-22-24(15-21)34-26(29-22)28-20-11-9-18(10-12-20)17-5-7-19(8-6-17)23(30)16-27(2,3)25(31)32/h5-15H,4,16H2,1-3H3,(H,28,29)(H,31,32). The van der Waals surface area contributed by atoms with Crippen molar-refractivity contribution in [1.82, 2.24) is 4.98 Å². The number of nitrogens with one attached hydrogen (secondary N) is 1. The van der Waals surface area contributed by atoms with Gasteiger partial charge in [-0.3, -0.25) is 9.59 Å². The number of benzene rings is 3. The lowest BCUT2D eigenvalue weighted by atomic mass is 9.85. The summed E-state index contributed by atoms with van der Waals surface area (Å²) in [6.07, 6.45) is -0.0409. The molecule has 0 aliphatic rings. The smallest absolute Gasteiger partial charge is 0.309 e. The predicted octanol–water partition coefficient (Wildman–Crippen LogP) is 6.79. The Bertz CT molecular complexity index is 1330. The van der Waals surface area contributed by atoms with Crippen molar-refractivity contribution in [2.75, 3.05) is 11.9 Å². The second kappa shape index (κ2) is 9.65. The molecule has 3 aromatic carbocycles. The highest BCUT2D eigenvalue weighted by atomic mass is 32.1. The zero-order valence-corrected chi connectivity index (χ0v) is 20.1. The molecule has 0 saturated carbocycles. The number of nitrogens with zero attached hydrogens (tertiary/aromatic N) is 1. The molecule has 0 bridgehead atoms. The van der Waals surface area contributed by atoms with Gasteiger partial charge in [-0.05, 0) is 62.2 Å². The van der Waals surface area contributed by atoms with Gasteiger partial charge in [0.15, 0.2) is 10.9 Å². The topological polar surface area (TPSA) is 88.5 Å².